The third kappa shape index (κ3) is 3.65. The number of ether oxygens (including phenoxy) is 1. The Kier molecular flexibility index (Phi) is 4.65. The number of nitrogens with one attached hydrogen (secondary N) is 2. The molecule has 3 amide bonds. The zero-order chi connectivity index (χ0) is 16.9. The first-order chi connectivity index (χ1) is 11.7. The summed E-state index contributed by atoms with van der Waals surface area (Å²) >= 11 is 0. The predicted octanol–water partition coefficient (Wildman–Crippen LogP) is 2.41. The van der Waals surface area contributed by atoms with Gasteiger partial charge in [-0.3, -0.25) is 10.1 Å². The number of amides is 3. The Morgan fingerprint density at radius 1 is 1.12 bits per heavy atom. The van der Waals surface area contributed by atoms with Crippen molar-refractivity contribution in [2.24, 2.45) is 0 Å². The number of rotatable bonds is 4. The second kappa shape index (κ2) is 7.04. The molecule has 0 saturated heterocycles. The van der Waals surface area contributed by atoms with Gasteiger partial charge in [-0.15, -0.1) is 0 Å². The molecular weight excluding hydrogens is 306 g/mol. The first kappa shape index (κ1) is 15.9. The molecule has 24 heavy (non-hydrogen) atoms. The molecule has 1 aliphatic heterocycles. The summed E-state index contributed by atoms with van der Waals surface area (Å²) in [5.74, 6) is 0.363. The molecule has 1 aliphatic rings. The van der Waals surface area contributed by atoms with Crippen LogP contribution in [0.5, 0.6) is 5.75 Å². The summed E-state index contributed by atoms with van der Waals surface area (Å²) in [6.45, 7) is 0.944. The summed E-state index contributed by atoms with van der Waals surface area (Å²) in [6.07, 6.45) is 0.918. The third-order valence-corrected chi connectivity index (χ3v) is 3.92. The standard InChI is InChI=1S/C18H19N3O3/c1-24-15-8-6-14(7-9-15)19-18(23)20-17(22)12-21-11-10-13-4-2-3-5-16(13)21/h2-9H,10-12H2,1H3,(H2,19,20,22,23). The molecule has 0 aliphatic carbocycles. The van der Waals surface area contributed by atoms with E-state index in [0.717, 1.165) is 18.7 Å². The van der Waals surface area contributed by atoms with Crippen LogP contribution < -0.4 is 20.3 Å². The van der Waals surface area contributed by atoms with E-state index in [-0.39, 0.29) is 12.5 Å². The van der Waals surface area contributed by atoms with E-state index in [9.17, 15) is 9.59 Å². The summed E-state index contributed by atoms with van der Waals surface area (Å²) in [4.78, 5) is 26.0. The lowest BCUT2D eigenvalue weighted by atomic mass is 10.2. The van der Waals surface area contributed by atoms with Crippen LogP contribution in [0.1, 0.15) is 5.56 Å². The zero-order valence-corrected chi connectivity index (χ0v) is 13.4. The maximum atomic E-state index is 12.1. The molecule has 0 fully saturated rings. The van der Waals surface area contributed by atoms with Gasteiger partial charge in [-0.2, -0.15) is 0 Å². The SMILES string of the molecule is COc1ccc(NC(=O)NC(=O)CN2CCc3ccccc32)cc1. The van der Waals surface area contributed by atoms with Crippen molar-refractivity contribution in [2.45, 2.75) is 6.42 Å². The van der Waals surface area contributed by atoms with Crippen LogP contribution in [-0.2, 0) is 11.2 Å². The number of hydrogen-bond acceptors (Lipinski definition) is 4. The van der Waals surface area contributed by atoms with E-state index in [1.54, 1.807) is 31.4 Å². The number of carbonyl (C=O) groups excluding carboxylic acids is 2. The number of benzene rings is 2. The topological polar surface area (TPSA) is 70.7 Å². The van der Waals surface area contributed by atoms with Crippen LogP contribution in [0.25, 0.3) is 0 Å². The molecule has 6 heteroatoms. The first-order valence-electron chi connectivity index (χ1n) is 7.73. The Hall–Kier alpha value is -3.02. The van der Waals surface area contributed by atoms with Gasteiger partial charge in [-0.05, 0) is 42.3 Å². The van der Waals surface area contributed by atoms with E-state index in [2.05, 4.69) is 16.7 Å². The number of carbonyl (C=O) groups is 2. The lowest BCUT2D eigenvalue weighted by molar-refractivity contribution is -0.118. The molecule has 0 saturated carbocycles. The number of para-hydroxylation sites is 1. The van der Waals surface area contributed by atoms with Gasteiger partial charge in [0.05, 0.1) is 13.7 Å². The molecule has 3 rings (SSSR count). The molecule has 0 atom stereocenters. The van der Waals surface area contributed by atoms with Crippen molar-refractivity contribution in [1.82, 2.24) is 5.32 Å². The van der Waals surface area contributed by atoms with Gasteiger partial charge in [-0.25, -0.2) is 4.79 Å². The van der Waals surface area contributed by atoms with Gasteiger partial charge < -0.3 is 15.0 Å². The van der Waals surface area contributed by atoms with E-state index in [1.165, 1.54) is 5.56 Å². The van der Waals surface area contributed by atoms with Gasteiger partial charge in [0.2, 0.25) is 5.91 Å². The normalized spacial score (nSPS) is 12.5. The number of hydrogen-bond donors (Lipinski definition) is 2. The van der Waals surface area contributed by atoms with Gasteiger partial charge in [-0.1, -0.05) is 18.2 Å². The van der Waals surface area contributed by atoms with Crippen LogP contribution in [-0.4, -0.2) is 32.1 Å². The summed E-state index contributed by atoms with van der Waals surface area (Å²) in [6, 6.07) is 14.3. The molecular formula is C18H19N3O3. The molecule has 0 unspecified atom stereocenters. The smallest absolute Gasteiger partial charge is 0.325 e. The zero-order valence-electron chi connectivity index (χ0n) is 13.4. The minimum Gasteiger partial charge on any atom is -0.497 e. The highest BCUT2D eigenvalue weighted by atomic mass is 16.5. The van der Waals surface area contributed by atoms with Gasteiger partial charge in [0.15, 0.2) is 0 Å². The number of methoxy groups -OCH3 is 1. The molecule has 2 N–H and O–H groups in total. The Morgan fingerprint density at radius 3 is 2.62 bits per heavy atom. The molecule has 2 aromatic rings. The number of anilines is 2. The Labute approximate surface area is 140 Å². The highest BCUT2D eigenvalue weighted by Crippen LogP contribution is 2.26. The molecule has 0 aromatic heterocycles. The Balaban J connectivity index is 1.52. The fourth-order valence-corrected chi connectivity index (χ4v) is 2.75. The fraction of sp³-hybridized carbons (Fsp3) is 0.222. The van der Waals surface area contributed by atoms with Crippen LogP contribution in [0.15, 0.2) is 48.5 Å². The molecule has 0 spiro atoms. The molecule has 2 aromatic carbocycles. The maximum absolute atomic E-state index is 12.1. The summed E-state index contributed by atoms with van der Waals surface area (Å²) in [5.41, 5.74) is 2.88. The van der Waals surface area contributed by atoms with E-state index in [4.69, 9.17) is 4.74 Å². The Morgan fingerprint density at radius 2 is 1.88 bits per heavy atom. The third-order valence-electron chi connectivity index (χ3n) is 3.92. The molecule has 124 valence electrons. The molecule has 6 nitrogen and oxygen atoms in total. The monoisotopic (exact) mass is 325 g/mol. The minimum atomic E-state index is -0.544. The molecule has 0 bridgehead atoms. The van der Waals surface area contributed by atoms with E-state index in [0.29, 0.717) is 11.4 Å². The Bertz CT molecular complexity index is 743. The predicted molar refractivity (Wildman–Crippen MR) is 92.5 cm³/mol. The van der Waals surface area contributed by atoms with E-state index < -0.39 is 6.03 Å². The van der Waals surface area contributed by atoms with Crippen LogP contribution in [0.3, 0.4) is 0 Å². The van der Waals surface area contributed by atoms with Crippen molar-refractivity contribution in [1.29, 1.82) is 0 Å². The van der Waals surface area contributed by atoms with Crippen LogP contribution in [0.2, 0.25) is 0 Å². The minimum absolute atomic E-state index is 0.160. The van der Waals surface area contributed by atoms with Crippen molar-refractivity contribution in [3.05, 3.63) is 54.1 Å². The largest absolute Gasteiger partial charge is 0.497 e. The number of urea groups is 1. The van der Waals surface area contributed by atoms with Crippen molar-refractivity contribution in [3.63, 3.8) is 0 Å². The first-order valence-corrected chi connectivity index (χ1v) is 7.73. The average Bonchev–Trinajstić information content (AvgIpc) is 2.98. The van der Waals surface area contributed by atoms with Crippen LogP contribution in [0.4, 0.5) is 16.2 Å². The lowest BCUT2D eigenvalue weighted by Gasteiger charge is -2.18. The van der Waals surface area contributed by atoms with Gasteiger partial charge in [0, 0.05) is 17.9 Å². The van der Waals surface area contributed by atoms with Gasteiger partial charge in [0.25, 0.3) is 0 Å². The quantitative estimate of drug-likeness (QED) is 0.905. The molecule has 1 heterocycles. The summed E-state index contributed by atoms with van der Waals surface area (Å²) < 4.78 is 5.05. The summed E-state index contributed by atoms with van der Waals surface area (Å²) in [7, 11) is 1.57. The number of imide groups is 1. The van der Waals surface area contributed by atoms with Gasteiger partial charge in [0.1, 0.15) is 5.75 Å². The molecule has 0 radical (unpaired) electrons. The van der Waals surface area contributed by atoms with Crippen molar-refractivity contribution in [3.8, 4) is 5.75 Å². The van der Waals surface area contributed by atoms with Crippen molar-refractivity contribution in [2.75, 3.05) is 30.4 Å². The highest BCUT2D eigenvalue weighted by molar-refractivity contribution is 6.02. The average molecular weight is 325 g/mol. The lowest BCUT2D eigenvalue weighted by Crippen LogP contribution is -2.41. The summed E-state index contributed by atoms with van der Waals surface area (Å²) in [5, 5.41) is 4.98. The second-order valence-electron chi connectivity index (χ2n) is 5.53. The van der Waals surface area contributed by atoms with Crippen molar-refractivity contribution >= 4 is 23.3 Å². The van der Waals surface area contributed by atoms with E-state index in [1.807, 2.05) is 23.1 Å². The van der Waals surface area contributed by atoms with E-state index >= 15 is 0 Å². The number of fused-ring (bicyclic) bond motifs is 1. The number of nitrogens with zero attached hydrogens (tertiary/aromatic N) is 1. The second-order valence-corrected chi connectivity index (χ2v) is 5.53. The van der Waals surface area contributed by atoms with Gasteiger partial charge >= 0.3 is 6.03 Å². The highest BCUT2D eigenvalue weighted by Gasteiger charge is 2.21. The van der Waals surface area contributed by atoms with Crippen LogP contribution in [0, 0.1) is 0 Å². The maximum Gasteiger partial charge on any atom is 0.325 e. The van der Waals surface area contributed by atoms with Crippen molar-refractivity contribution < 1.29 is 14.3 Å². The van der Waals surface area contributed by atoms with Crippen LogP contribution >= 0.6 is 0 Å². The fourth-order valence-electron chi connectivity index (χ4n) is 2.75.